The molecule has 1 fully saturated rings. The number of hydrogen-bond donors (Lipinski definition) is 3. The van der Waals surface area contributed by atoms with Crippen LogP contribution in [0.2, 0.25) is 0 Å². The van der Waals surface area contributed by atoms with E-state index in [4.69, 9.17) is 4.98 Å². The molecule has 3 N–H and O–H groups in total. The number of H-pyrrole nitrogens is 1. The molecule has 9 heteroatoms. The van der Waals surface area contributed by atoms with Crippen LogP contribution in [0.4, 0.5) is 17.6 Å². The number of aliphatic hydroxyl groups excluding tert-OH is 1. The highest BCUT2D eigenvalue weighted by molar-refractivity contribution is 5.81. The monoisotopic (exact) mass is 414 g/mol. The molecule has 0 unspecified atom stereocenters. The van der Waals surface area contributed by atoms with Gasteiger partial charge in [-0.15, -0.1) is 5.10 Å². The van der Waals surface area contributed by atoms with Crippen molar-refractivity contribution in [1.29, 1.82) is 0 Å². The molecule has 0 radical (unpaired) electrons. The van der Waals surface area contributed by atoms with Gasteiger partial charge in [-0.2, -0.15) is 4.98 Å². The summed E-state index contributed by atoms with van der Waals surface area (Å²) in [6.45, 7) is 0.943. The average Bonchev–Trinajstić information content (AvgIpc) is 3.59. The predicted molar refractivity (Wildman–Crippen MR) is 119 cm³/mol. The van der Waals surface area contributed by atoms with Crippen LogP contribution in [-0.2, 0) is 0 Å². The van der Waals surface area contributed by atoms with Crippen molar-refractivity contribution < 1.29 is 5.11 Å². The van der Waals surface area contributed by atoms with Crippen molar-refractivity contribution in [2.75, 3.05) is 23.4 Å². The predicted octanol–water partition coefficient (Wildman–Crippen LogP) is 3.10. The average molecular weight is 414 g/mol. The van der Waals surface area contributed by atoms with E-state index in [0.717, 1.165) is 36.1 Å². The van der Waals surface area contributed by atoms with Crippen molar-refractivity contribution in [3.63, 3.8) is 0 Å². The number of benzene rings is 1. The summed E-state index contributed by atoms with van der Waals surface area (Å²) in [5, 5.41) is 18.9. The van der Waals surface area contributed by atoms with Crippen LogP contribution in [0.15, 0.2) is 61.3 Å². The van der Waals surface area contributed by atoms with E-state index in [1.165, 1.54) is 5.39 Å². The van der Waals surface area contributed by atoms with Crippen molar-refractivity contribution in [3.8, 4) is 5.69 Å². The van der Waals surface area contributed by atoms with Crippen LogP contribution in [-0.4, -0.2) is 53.4 Å². The second-order valence-corrected chi connectivity index (χ2v) is 7.81. The fraction of sp³-hybridized carbons (Fsp3) is 0.227. The topological polar surface area (TPSA) is 99.3 Å². The van der Waals surface area contributed by atoms with Gasteiger partial charge in [-0.25, -0.2) is 9.50 Å². The number of nitrogens with one attached hydrogen (secondary N) is 2. The Morgan fingerprint density at radius 1 is 1.23 bits per heavy atom. The molecular weight excluding hydrogens is 392 g/mol. The number of fused-ring (bicyclic) bond motifs is 2. The van der Waals surface area contributed by atoms with Crippen LogP contribution in [0, 0.1) is 0 Å². The van der Waals surface area contributed by atoms with Gasteiger partial charge in [0, 0.05) is 30.1 Å². The molecule has 5 aromatic rings. The Balaban J connectivity index is 1.34. The van der Waals surface area contributed by atoms with Crippen LogP contribution < -0.4 is 10.2 Å². The fourth-order valence-electron chi connectivity index (χ4n) is 4.27. The summed E-state index contributed by atoms with van der Waals surface area (Å²) in [5.74, 6) is 1.99. The standard InChI is InChI=1S/C22H22N8O/c31-13-17-3-1-9-29(17)22-26-21(19-4-2-10-30(19)27-22)25-20-12-28(14-24-20)16-6-5-15-7-8-23-18(15)11-16/h2,4-8,10-12,14,17,23,31H,1,3,9,13H2,(H,25,26,27)/t17-/m0/s1. The van der Waals surface area contributed by atoms with E-state index in [9.17, 15) is 5.11 Å². The number of aromatic amines is 1. The zero-order chi connectivity index (χ0) is 20.8. The number of hydrogen-bond acceptors (Lipinski definition) is 6. The van der Waals surface area contributed by atoms with Crippen LogP contribution >= 0.6 is 0 Å². The number of rotatable bonds is 5. The third kappa shape index (κ3) is 3.10. The largest absolute Gasteiger partial charge is 0.394 e. The highest BCUT2D eigenvalue weighted by Crippen LogP contribution is 2.27. The summed E-state index contributed by atoms with van der Waals surface area (Å²) in [4.78, 5) is 14.6. The lowest BCUT2D eigenvalue weighted by atomic mass is 10.2. The van der Waals surface area contributed by atoms with Crippen molar-refractivity contribution in [2.45, 2.75) is 18.9 Å². The van der Waals surface area contributed by atoms with Gasteiger partial charge in [0.25, 0.3) is 0 Å². The first-order chi connectivity index (χ1) is 15.3. The van der Waals surface area contributed by atoms with Crippen LogP contribution in [0.25, 0.3) is 22.1 Å². The summed E-state index contributed by atoms with van der Waals surface area (Å²) in [6, 6.07) is 12.3. The molecule has 156 valence electrons. The SMILES string of the molecule is OC[C@@H]1CCCN1c1nc(Nc2cn(-c3ccc4cc[nH]c4c3)cn2)c2cccn2n1. The number of nitrogens with zero attached hydrogens (tertiary/aromatic N) is 6. The molecule has 0 spiro atoms. The second-order valence-electron chi connectivity index (χ2n) is 7.81. The Morgan fingerprint density at radius 2 is 2.19 bits per heavy atom. The number of imidazole rings is 1. The molecule has 1 aromatic carbocycles. The first-order valence-electron chi connectivity index (χ1n) is 10.4. The molecule has 6 rings (SSSR count). The summed E-state index contributed by atoms with van der Waals surface area (Å²) >= 11 is 0. The molecule has 1 saturated heterocycles. The van der Waals surface area contributed by atoms with Gasteiger partial charge in [-0.05, 0) is 48.6 Å². The quantitative estimate of drug-likeness (QED) is 0.409. The van der Waals surface area contributed by atoms with Crippen molar-refractivity contribution >= 4 is 34.0 Å². The van der Waals surface area contributed by atoms with Crippen LogP contribution in [0.3, 0.4) is 0 Å². The molecule has 0 bridgehead atoms. The zero-order valence-electron chi connectivity index (χ0n) is 16.8. The Labute approximate surface area is 178 Å². The van der Waals surface area contributed by atoms with Gasteiger partial charge in [0.15, 0.2) is 5.82 Å². The molecule has 4 aromatic heterocycles. The Hall–Kier alpha value is -3.85. The molecule has 5 heterocycles. The second kappa shape index (κ2) is 7.13. The lowest BCUT2D eigenvalue weighted by molar-refractivity contribution is 0.265. The van der Waals surface area contributed by atoms with Gasteiger partial charge in [-0.3, -0.25) is 0 Å². The Bertz CT molecular complexity index is 1370. The van der Waals surface area contributed by atoms with E-state index in [2.05, 4.69) is 49.5 Å². The van der Waals surface area contributed by atoms with Gasteiger partial charge in [0.05, 0.1) is 18.8 Å². The molecule has 9 nitrogen and oxygen atoms in total. The minimum Gasteiger partial charge on any atom is -0.394 e. The van der Waals surface area contributed by atoms with Gasteiger partial charge in [-0.1, -0.05) is 6.07 Å². The Morgan fingerprint density at radius 3 is 3.13 bits per heavy atom. The summed E-state index contributed by atoms with van der Waals surface area (Å²) in [5.41, 5.74) is 2.97. The lowest BCUT2D eigenvalue weighted by Crippen LogP contribution is -2.34. The van der Waals surface area contributed by atoms with Crippen LogP contribution in [0.1, 0.15) is 12.8 Å². The molecule has 31 heavy (non-hydrogen) atoms. The third-order valence-corrected chi connectivity index (χ3v) is 5.89. The van der Waals surface area contributed by atoms with Crippen molar-refractivity contribution in [2.24, 2.45) is 0 Å². The van der Waals surface area contributed by atoms with Gasteiger partial charge >= 0.3 is 0 Å². The van der Waals surface area contributed by atoms with E-state index >= 15 is 0 Å². The number of aromatic nitrogens is 6. The van der Waals surface area contributed by atoms with E-state index in [1.54, 1.807) is 6.33 Å². The van der Waals surface area contributed by atoms with E-state index in [0.29, 0.717) is 17.6 Å². The first-order valence-corrected chi connectivity index (χ1v) is 10.4. The van der Waals surface area contributed by atoms with Crippen LogP contribution in [0.5, 0.6) is 0 Å². The first kappa shape index (κ1) is 18.0. The van der Waals surface area contributed by atoms with E-state index < -0.39 is 0 Å². The molecule has 0 saturated carbocycles. The van der Waals surface area contributed by atoms with E-state index in [1.807, 2.05) is 39.8 Å². The van der Waals surface area contributed by atoms with Crippen molar-refractivity contribution in [1.82, 2.24) is 29.1 Å². The van der Waals surface area contributed by atoms with Gasteiger partial charge in [0.1, 0.15) is 17.7 Å². The zero-order valence-corrected chi connectivity index (χ0v) is 16.8. The molecule has 0 aliphatic carbocycles. The highest BCUT2D eigenvalue weighted by atomic mass is 16.3. The normalized spacial score (nSPS) is 16.5. The van der Waals surface area contributed by atoms with Crippen molar-refractivity contribution in [3.05, 3.63) is 61.3 Å². The maximum absolute atomic E-state index is 9.70. The van der Waals surface area contributed by atoms with Gasteiger partial charge in [0.2, 0.25) is 5.95 Å². The minimum atomic E-state index is 0.0583. The minimum absolute atomic E-state index is 0.0583. The lowest BCUT2D eigenvalue weighted by Gasteiger charge is -2.23. The molecular formula is C22H22N8O. The maximum Gasteiger partial charge on any atom is 0.245 e. The summed E-state index contributed by atoms with van der Waals surface area (Å²) < 4.78 is 3.79. The number of aliphatic hydroxyl groups is 1. The summed E-state index contributed by atoms with van der Waals surface area (Å²) in [7, 11) is 0. The fourth-order valence-corrected chi connectivity index (χ4v) is 4.27. The highest BCUT2D eigenvalue weighted by Gasteiger charge is 2.27. The molecule has 0 amide bonds. The maximum atomic E-state index is 9.70. The third-order valence-electron chi connectivity index (χ3n) is 5.89. The molecule has 1 aliphatic heterocycles. The molecule has 1 atom stereocenters. The molecule has 1 aliphatic rings. The Kier molecular flexibility index (Phi) is 4.13. The van der Waals surface area contributed by atoms with E-state index in [-0.39, 0.29) is 12.6 Å². The van der Waals surface area contributed by atoms with Gasteiger partial charge < -0.3 is 24.9 Å². The smallest absolute Gasteiger partial charge is 0.245 e. The number of anilines is 3. The summed E-state index contributed by atoms with van der Waals surface area (Å²) in [6.07, 6.45) is 9.54.